The summed E-state index contributed by atoms with van der Waals surface area (Å²) in [6.45, 7) is 10.8. The van der Waals surface area contributed by atoms with Crippen molar-refractivity contribution >= 4 is 12.8 Å². The van der Waals surface area contributed by atoms with E-state index < -0.39 is 7.14 Å². The summed E-state index contributed by atoms with van der Waals surface area (Å²) in [4.78, 5) is 4.53. The van der Waals surface area contributed by atoms with Crippen molar-refractivity contribution in [3.8, 4) is 5.75 Å². The maximum absolute atomic E-state index is 14.2. The van der Waals surface area contributed by atoms with Gasteiger partial charge < -0.3 is 15.0 Å². The maximum Gasteiger partial charge on any atom is 0.118 e. The molecular weight excluding hydrogens is 355 g/mol. The molecule has 2 heterocycles. The minimum atomic E-state index is -2.47. The highest BCUT2D eigenvalue weighted by Gasteiger charge is 2.49. The van der Waals surface area contributed by atoms with Crippen LogP contribution in [0.15, 0.2) is 30.3 Å². The van der Waals surface area contributed by atoms with Gasteiger partial charge in [0.25, 0.3) is 0 Å². The van der Waals surface area contributed by atoms with Crippen molar-refractivity contribution < 1.29 is 9.67 Å². The van der Waals surface area contributed by atoms with E-state index in [1.165, 1.54) is 0 Å². The number of aromatic hydroxyl groups is 1. The van der Waals surface area contributed by atoms with Gasteiger partial charge >= 0.3 is 0 Å². The zero-order valence-corrected chi connectivity index (χ0v) is 17.9. The van der Waals surface area contributed by atoms with E-state index in [9.17, 15) is 9.67 Å². The fraction of sp³-hybridized carbons (Fsp3) is 0.500. The molecule has 2 unspecified atom stereocenters. The topological polar surface area (TPSA) is 62.2 Å². The minimum Gasteiger partial charge on any atom is -0.508 e. The lowest BCUT2D eigenvalue weighted by Gasteiger charge is -2.35. The van der Waals surface area contributed by atoms with Gasteiger partial charge in [0.1, 0.15) is 12.9 Å². The molecule has 1 aliphatic rings. The number of aromatic nitrogens is 1. The van der Waals surface area contributed by atoms with Gasteiger partial charge in [-0.25, -0.2) is 0 Å². The highest BCUT2D eigenvalue weighted by atomic mass is 31.2. The summed E-state index contributed by atoms with van der Waals surface area (Å²) in [5.74, 6) is 0.285. The molecule has 1 aromatic carbocycles. The number of rotatable bonds is 5. The Bertz CT molecular complexity index is 892. The first-order valence-electron chi connectivity index (χ1n) is 9.70. The second-order valence-corrected chi connectivity index (χ2v) is 12.3. The molecule has 2 N–H and O–H groups in total. The third-order valence-electron chi connectivity index (χ3n) is 6.12. The van der Waals surface area contributed by atoms with Crippen molar-refractivity contribution in [3.05, 3.63) is 52.8 Å². The number of hydrogen-bond donors (Lipinski definition) is 2. The van der Waals surface area contributed by atoms with Gasteiger partial charge in [-0.05, 0) is 62.9 Å². The molecule has 5 heteroatoms. The van der Waals surface area contributed by atoms with Crippen molar-refractivity contribution in [1.82, 2.24) is 4.98 Å². The molecule has 27 heavy (non-hydrogen) atoms. The Labute approximate surface area is 162 Å². The normalized spacial score (nSPS) is 22.6. The summed E-state index contributed by atoms with van der Waals surface area (Å²) in [6, 6.07) is 9.70. The van der Waals surface area contributed by atoms with Gasteiger partial charge in [0.15, 0.2) is 0 Å². The fourth-order valence-corrected chi connectivity index (χ4v) is 8.24. The van der Waals surface area contributed by atoms with Crippen LogP contribution >= 0.6 is 7.14 Å². The molecule has 4 nitrogen and oxygen atoms in total. The number of nitrogens with one attached hydrogen (secondary N) is 1. The average molecular weight is 386 g/mol. The molecule has 1 aromatic heterocycles. The molecule has 1 aliphatic heterocycles. The summed E-state index contributed by atoms with van der Waals surface area (Å²) in [5, 5.41) is 13.3. The Morgan fingerprint density at radius 3 is 2.56 bits per heavy atom. The first-order valence-corrected chi connectivity index (χ1v) is 11.7. The number of hydrogen-bond acceptors (Lipinski definition) is 4. The highest BCUT2D eigenvalue weighted by molar-refractivity contribution is 7.66. The number of phenolic OH excluding ortho intramolecular Hbond substituents is 1. The predicted octanol–water partition coefficient (Wildman–Crippen LogP) is 5.80. The zero-order valence-electron chi connectivity index (χ0n) is 17.0. The van der Waals surface area contributed by atoms with Crippen LogP contribution in [0.25, 0.3) is 0 Å². The average Bonchev–Trinajstić information content (AvgIpc) is 2.86. The quantitative estimate of drug-likeness (QED) is 0.638. The van der Waals surface area contributed by atoms with E-state index in [2.05, 4.69) is 24.1 Å². The molecule has 0 amide bonds. The Hall–Kier alpha value is -1.80. The molecule has 0 spiro atoms. The number of benzene rings is 1. The molecule has 2 atom stereocenters. The SMILES string of the molecule is Cc1ccc(NCC(c2ccc(O)c(C)c2)P2(=O)CCCC2(C)C)c(C)n1. The van der Waals surface area contributed by atoms with Gasteiger partial charge in [-0.2, -0.15) is 0 Å². The van der Waals surface area contributed by atoms with Gasteiger partial charge in [0, 0.05) is 23.6 Å². The maximum atomic E-state index is 14.2. The third kappa shape index (κ3) is 3.78. The van der Waals surface area contributed by atoms with Gasteiger partial charge in [-0.1, -0.05) is 26.0 Å². The highest BCUT2D eigenvalue weighted by Crippen LogP contribution is 2.73. The van der Waals surface area contributed by atoms with E-state index in [4.69, 9.17) is 0 Å². The number of anilines is 1. The summed E-state index contributed by atoms with van der Waals surface area (Å²) in [5.41, 5.74) is 4.75. The molecule has 2 aromatic rings. The Balaban J connectivity index is 1.97. The van der Waals surface area contributed by atoms with Crippen LogP contribution in [0.2, 0.25) is 0 Å². The Kier molecular flexibility index (Phi) is 5.40. The molecule has 1 saturated heterocycles. The van der Waals surface area contributed by atoms with Crippen molar-refractivity contribution in [2.45, 2.75) is 58.3 Å². The van der Waals surface area contributed by atoms with Crippen molar-refractivity contribution in [2.24, 2.45) is 0 Å². The first-order chi connectivity index (χ1) is 12.6. The van der Waals surface area contributed by atoms with E-state index in [-0.39, 0.29) is 16.6 Å². The number of nitrogens with zero attached hydrogens (tertiary/aromatic N) is 1. The van der Waals surface area contributed by atoms with Gasteiger partial charge in [-0.3, -0.25) is 4.98 Å². The molecule has 0 bridgehead atoms. The largest absolute Gasteiger partial charge is 0.508 e. The van der Waals surface area contributed by atoms with Crippen LogP contribution in [0.4, 0.5) is 5.69 Å². The minimum absolute atomic E-state index is 0.0741. The fourth-order valence-electron chi connectivity index (χ4n) is 4.29. The molecule has 0 radical (unpaired) electrons. The molecule has 0 saturated carbocycles. The summed E-state index contributed by atoms with van der Waals surface area (Å²) >= 11 is 0. The van der Waals surface area contributed by atoms with Crippen LogP contribution < -0.4 is 5.32 Å². The number of pyridine rings is 1. The number of aryl methyl sites for hydroxylation is 3. The van der Waals surface area contributed by atoms with Crippen LogP contribution in [-0.2, 0) is 4.57 Å². The van der Waals surface area contributed by atoms with Gasteiger partial charge in [-0.15, -0.1) is 0 Å². The zero-order chi connectivity index (χ0) is 19.8. The van der Waals surface area contributed by atoms with Crippen LogP contribution in [0, 0.1) is 20.8 Å². The molecule has 3 rings (SSSR count). The molecule has 146 valence electrons. The smallest absolute Gasteiger partial charge is 0.118 e. The van der Waals surface area contributed by atoms with Crippen LogP contribution in [-0.4, -0.2) is 28.0 Å². The monoisotopic (exact) mass is 386 g/mol. The molecular formula is C22H31N2O2P. The van der Waals surface area contributed by atoms with E-state index in [1.54, 1.807) is 6.07 Å². The lowest BCUT2D eigenvalue weighted by molar-refractivity contribution is 0.470. The second-order valence-electron chi connectivity index (χ2n) is 8.46. The van der Waals surface area contributed by atoms with Crippen LogP contribution in [0.5, 0.6) is 5.75 Å². The van der Waals surface area contributed by atoms with Crippen molar-refractivity contribution in [2.75, 3.05) is 18.0 Å². The lowest BCUT2D eigenvalue weighted by atomic mass is 10.1. The standard InChI is InChI=1S/C22H31N2O2P/c1-15-13-18(8-10-20(15)25)21(27(26)12-6-11-22(27,4)5)14-23-19-9-7-16(2)24-17(19)3/h7-10,13,21,23,25H,6,11-12,14H2,1-5H3. The summed E-state index contributed by atoms with van der Waals surface area (Å²) in [7, 11) is -2.47. The number of phenols is 1. The van der Waals surface area contributed by atoms with E-state index in [1.807, 2.05) is 45.0 Å². The van der Waals surface area contributed by atoms with Crippen molar-refractivity contribution in [1.29, 1.82) is 0 Å². The summed E-state index contributed by atoms with van der Waals surface area (Å²) in [6.07, 6.45) is 2.81. The van der Waals surface area contributed by atoms with Gasteiger partial charge in [0.05, 0.1) is 17.0 Å². The van der Waals surface area contributed by atoms with E-state index in [0.29, 0.717) is 6.54 Å². The predicted molar refractivity (Wildman–Crippen MR) is 114 cm³/mol. The van der Waals surface area contributed by atoms with Gasteiger partial charge in [0.2, 0.25) is 0 Å². The first kappa shape index (κ1) is 19.9. The molecule has 1 fully saturated rings. The van der Waals surface area contributed by atoms with Crippen LogP contribution in [0.3, 0.4) is 0 Å². The second kappa shape index (κ2) is 7.31. The summed E-state index contributed by atoms with van der Waals surface area (Å²) < 4.78 is 14.2. The lowest BCUT2D eigenvalue weighted by Crippen LogP contribution is -2.24. The van der Waals surface area contributed by atoms with E-state index in [0.717, 1.165) is 47.2 Å². The Morgan fingerprint density at radius 2 is 1.96 bits per heavy atom. The van der Waals surface area contributed by atoms with Crippen molar-refractivity contribution in [3.63, 3.8) is 0 Å². The van der Waals surface area contributed by atoms with Crippen LogP contribution in [0.1, 0.15) is 54.9 Å². The van der Waals surface area contributed by atoms with E-state index >= 15 is 0 Å². The third-order valence-corrected chi connectivity index (χ3v) is 10.9. The molecule has 0 aliphatic carbocycles. The Morgan fingerprint density at radius 1 is 1.22 bits per heavy atom.